The van der Waals surface area contributed by atoms with E-state index in [0.717, 1.165) is 30.6 Å². The first-order valence-electron chi connectivity index (χ1n) is 6.12. The van der Waals surface area contributed by atoms with E-state index < -0.39 is 0 Å². The SMILES string of the molecule is COCCOc1ccc(C2(N=C=O)CCC2)cc1. The molecule has 0 radical (unpaired) electrons. The summed E-state index contributed by atoms with van der Waals surface area (Å²) in [6.45, 7) is 1.11. The Labute approximate surface area is 107 Å². The van der Waals surface area contributed by atoms with Crippen molar-refractivity contribution in [1.82, 2.24) is 0 Å². The Bertz CT molecular complexity index is 431. The lowest BCUT2D eigenvalue weighted by atomic mass is 9.72. The van der Waals surface area contributed by atoms with Crippen LogP contribution in [0.25, 0.3) is 0 Å². The minimum absolute atomic E-state index is 0.327. The summed E-state index contributed by atoms with van der Waals surface area (Å²) in [5, 5.41) is 0. The standard InChI is InChI=1S/C14H17NO3/c1-17-9-10-18-13-5-3-12(4-6-13)14(15-11-16)7-2-8-14/h3-6H,2,7-10H2,1H3. The molecular formula is C14H17NO3. The number of hydrogen-bond acceptors (Lipinski definition) is 4. The fraction of sp³-hybridized carbons (Fsp3) is 0.500. The van der Waals surface area contributed by atoms with Crippen LogP contribution in [-0.2, 0) is 15.1 Å². The van der Waals surface area contributed by atoms with Crippen LogP contribution in [0.1, 0.15) is 24.8 Å². The summed E-state index contributed by atoms with van der Waals surface area (Å²) in [5.41, 5.74) is 0.739. The molecule has 0 aliphatic heterocycles. The third kappa shape index (κ3) is 2.61. The average Bonchev–Trinajstić information content (AvgIpc) is 2.35. The molecule has 96 valence electrons. The van der Waals surface area contributed by atoms with Crippen LogP contribution in [-0.4, -0.2) is 26.4 Å². The van der Waals surface area contributed by atoms with Crippen molar-refractivity contribution in [3.8, 4) is 5.75 Å². The second-order valence-corrected chi connectivity index (χ2v) is 4.45. The van der Waals surface area contributed by atoms with E-state index in [1.165, 1.54) is 0 Å². The van der Waals surface area contributed by atoms with Gasteiger partial charge in [-0.25, -0.2) is 4.79 Å². The number of carbonyl (C=O) groups excluding carboxylic acids is 1. The van der Waals surface area contributed by atoms with E-state index in [4.69, 9.17) is 9.47 Å². The van der Waals surface area contributed by atoms with Gasteiger partial charge in [-0.05, 0) is 37.0 Å². The number of isocyanates is 1. The predicted octanol–water partition coefficient (Wildman–Crippen LogP) is 2.43. The van der Waals surface area contributed by atoms with Gasteiger partial charge in [0.1, 0.15) is 12.4 Å². The number of aliphatic imine (C=N–C) groups is 1. The van der Waals surface area contributed by atoms with Gasteiger partial charge in [0.25, 0.3) is 0 Å². The molecule has 0 spiro atoms. The highest BCUT2D eigenvalue weighted by molar-refractivity contribution is 5.40. The van der Waals surface area contributed by atoms with Crippen LogP contribution < -0.4 is 4.74 Å². The van der Waals surface area contributed by atoms with Crippen LogP contribution in [0.5, 0.6) is 5.75 Å². The Morgan fingerprint density at radius 3 is 2.50 bits per heavy atom. The van der Waals surface area contributed by atoms with Crippen LogP contribution in [0, 0.1) is 0 Å². The van der Waals surface area contributed by atoms with Crippen molar-refractivity contribution in [1.29, 1.82) is 0 Å². The summed E-state index contributed by atoms with van der Waals surface area (Å²) in [6, 6.07) is 7.76. The third-order valence-electron chi connectivity index (χ3n) is 3.39. The first-order valence-corrected chi connectivity index (χ1v) is 6.12. The molecule has 0 saturated heterocycles. The molecule has 4 nitrogen and oxygen atoms in total. The van der Waals surface area contributed by atoms with E-state index in [1.54, 1.807) is 13.2 Å². The molecule has 0 atom stereocenters. The maximum Gasteiger partial charge on any atom is 0.235 e. The molecule has 18 heavy (non-hydrogen) atoms. The predicted molar refractivity (Wildman–Crippen MR) is 67.5 cm³/mol. The lowest BCUT2D eigenvalue weighted by molar-refractivity contribution is 0.146. The summed E-state index contributed by atoms with van der Waals surface area (Å²) >= 11 is 0. The van der Waals surface area contributed by atoms with Crippen molar-refractivity contribution in [3.05, 3.63) is 29.8 Å². The summed E-state index contributed by atoms with van der Waals surface area (Å²) in [7, 11) is 1.64. The zero-order chi connectivity index (χ0) is 12.8. The first kappa shape index (κ1) is 12.8. The number of hydrogen-bond donors (Lipinski definition) is 0. The summed E-state index contributed by atoms with van der Waals surface area (Å²) in [4.78, 5) is 14.5. The maximum atomic E-state index is 10.5. The van der Waals surface area contributed by atoms with Crippen LogP contribution in [0.4, 0.5) is 0 Å². The second-order valence-electron chi connectivity index (χ2n) is 4.45. The largest absolute Gasteiger partial charge is 0.491 e. The maximum absolute atomic E-state index is 10.5. The minimum atomic E-state index is -0.327. The van der Waals surface area contributed by atoms with Gasteiger partial charge in [-0.3, -0.25) is 0 Å². The molecule has 1 saturated carbocycles. The molecule has 0 N–H and O–H groups in total. The van der Waals surface area contributed by atoms with E-state index >= 15 is 0 Å². The number of ether oxygens (including phenoxy) is 2. The highest BCUT2D eigenvalue weighted by Crippen LogP contribution is 2.44. The highest BCUT2D eigenvalue weighted by atomic mass is 16.5. The number of rotatable bonds is 6. The van der Waals surface area contributed by atoms with Gasteiger partial charge in [0.05, 0.1) is 12.1 Å². The van der Waals surface area contributed by atoms with Crippen LogP contribution >= 0.6 is 0 Å². The topological polar surface area (TPSA) is 47.9 Å². The molecule has 0 bridgehead atoms. The van der Waals surface area contributed by atoms with E-state index in [0.29, 0.717) is 13.2 Å². The molecule has 1 aliphatic rings. The quantitative estimate of drug-likeness (QED) is 0.440. The molecule has 1 aromatic carbocycles. The van der Waals surface area contributed by atoms with Crippen molar-refractivity contribution >= 4 is 6.08 Å². The highest BCUT2D eigenvalue weighted by Gasteiger charge is 2.38. The number of benzene rings is 1. The lowest BCUT2D eigenvalue weighted by Crippen LogP contribution is -2.31. The van der Waals surface area contributed by atoms with Gasteiger partial charge < -0.3 is 9.47 Å². The Kier molecular flexibility index (Phi) is 4.13. The van der Waals surface area contributed by atoms with Gasteiger partial charge in [-0.2, -0.15) is 4.99 Å². The van der Waals surface area contributed by atoms with Gasteiger partial charge in [0.15, 0.2) is 0 Å². The Morgan fingerprint density at radius 1 is 1.28 bits per heavy atom. The third-order valence-corrected chi connectivity index (χ3v) is 3.39. The smallest absolute Gasteiger partial charge is 0.235 e. The second kappa shape index (κ2) is 5.80. The van der Waals surface area contributed by atoms with Crippen LogP contribution in [0.2, 0.25) is 0 Å². The zero-order valence-corrected chi connectivity index (χ0v) is 10.5. The van der Waals surface area contributed by atoms with Gasteiger partial charge in [0.2, 0.25) is 6.08 Å². The van der Waals surface area contributed by atoms with Crippen molar-refractivity contribution in [2.75, 3.05) is 20.3 Å². The monoisotopic (exact) mass is 247 g/mol. The molecule has 1 fully saturated rings. The van der Waals surface area contributed by atoms with Crippen molar-refractivity contribution in [3.63, 3.8) is 0 Å². The molecule has 0 unspecified atom stereocenters. The molecule has 1 aromatic rings. The Balaban J connectivity index is 2.05. The summed E-state index contributed by atoms with van der Waals surface area (Å²) in [6.07, 6.45) is 4.65. The molecule has 1 aliphatic carbocycles. The fourth-order valence-electron chi connectivity index (χ4n) is 2.17. The van der Waals surface area contributed by atoms with Gasteiger partial charge in [0, 0.05) is 7.11 Å². The molecule has 0 aromatic heterocycles. The van der Waals surface area contributed by atoms with Crippen LogP contribution in [0.15, 0.2) is 29.3 Å². The molecule has 2 rings (SSSR count). The summed E-state index contributed by atoms with van der Waals surface area (Å²) < 4.78 is 10.4. The van der Waals surface area contributed by atoms with Crippen molar-refractivity contribution < 1.29 is 14.3 Å². The van der Waals surface area contributed by atoms with Gasteiger partial charge >= 0.3 is 0 Å². The lowest BCUT2D eigenvalue weighted by Gasteiger charge is -2.37. The van der Waals surface area contributed by atoms with E-state index in [9.17, 15) is 4.79 Å². The molecule has 4 heteroatoms. The Morgan fingerprint density at radius 2 is 2.00 bits per heavy atom. The van der Waals surface area contributed by atoms with Gasteiger partial charge in [-0.15, -0.1) is 0 Å². The molecular weight excluding hydrogens is 230 g/mol. The normalized spacial score (nSPS) is 16.5. The number of methoxy groups -OCH3 is 1. The summed E-state index contributed by atoms with van der Waals surface area (Å²) in [5.74, 6) is 0.806. The number of nitrogens with zero attached hydrogens (tertiary/aromatic N) is 1. The van der Waals surface area contributed by atoms with E-state index in [2.05, 4.69) is 4.99 Å². The van der Waals surface area contributed by atoms with Crippen LogP contribution in [0.3, 0.4) is 0 Å². The van der Waals surface area contributed by atoms with Gasteiger partial charge in [-0.1, -0.05) is 12.1 Å². The average molecular weight is 247 g/mol. The van der Waals surface area contributed by atoms with E-state index in [1.807, 2.05) is 24.3 Å². The van der Waals surface area contributed by atoms with Crippen molar-refractivity contribution in [2.24, 2.45) is 4.99 Å². The fourth-order valence-corrected chi connectivity index (χ4v) is 2.17. The van der Waals surface area contributed by atoms with Crippen molar-refractivity contribution in [2.45, 2.75) is 24.8 Å². The zero-order valence-electron chi connectivity index (χ0n) is 10.5. The van der Waals surface area contributed by atoms with E-state index in [-0.39, 0.29) is 5.54 Å². The molecule has 0 heterocycles. The Hall–Kier alpha value is -1.64. The minimum Gasteiger partial charge on any atom is -0.491 e. The molecule has 0 amide bonds. The first-order chi connectivity index (χ1) is 8.80.